The van der Waals surface area contributed by atoms with E-state index in [9.17, 15) is 4.79 Å². The number of fused-ring (bicyclic) bond motifs is 1. The number of benzene rings is 1. The van der Waals surface area contributed by atoms with Crippen molar-refractivity contribution in [2.75, 3.05) is 6.61 Å². The number of carbonyl (C=O) groups excluding carboxylic acids is 1. The molecule has 0 atom stereocenters. The van der Waals surface area contributed by atoms with E-state index in [4.69, 9.17) is 22.1 Å². The SMILES string of the molecule is CCOC(=O)c1c(CN)n(C)c2cc(Cl)c(Br)cc12. The lowest BCUT2D eigenvalue weighted by Crippen LogP contribution is -2.12. The molecule has 2 aromatic rings. The Morgan fingerprint density at radius 1 is 1.53 bits per heavy atom. The number of hydrogen-bond acceptors (Lipinski definition) is 3. The minimum absolute atomic E-state index is 0.258. The zero-order valence-corrected chi connectivity index (χ0v) is 13.0. The number of aromatic nitrogens is 1. The molecule has 0 aliphatic carbocycles. The second-order valence-corrected chi connectivity index (χ2v) is 5.35. The number of ether oxygens (including phenoxy) is 1. The number of halogens is 2. The highest BCUT2D eigenvalue weighted by molar-refractivity contribution is 9.10. The fourth-order valence-corrected chi connectivity index (χ4v) is 2.65. The van der Waals surface area contributed by atoms with Crippen LogP contribution in [0.4, 0.5) is 0 Å². The third-order valence-corrected chi connectivity index (χ3v) is 4.23. The molecule has 102 valence electrons. The molecule has 0 amide bonds. The van der Waals surface area contributed by atoms with Crippen molar-refractivity contribution in [1.82, 2.24) is 4.57 Å². The van der Waals surface area contributed by atoms with Crippen molar-refractivity contribution in [2.45, 2.75) is 13.5 Å². The Bertz CT molecular complexity index is 652. The summed E-state index contributed by atoms with van der Waals surface area (Å²) in [5.41, 5.74) is 7.86. The molecule has 2 N–H and O–H groups in total. The summed E-state index contributed by atoms with van der Waals surface area (Å²) in [7, 11) is 1.86. The van der Waals surface area contributed by atoms with Gasteiger partial charge in [0.25, 0.3) is 0 Å². The first-order valence-corrected chi connectivity index (χ1v) is 7.01. The highest BCUT2D eigenvalue weighted by Gasteiger charge is 2.22. The minimum atomic E-state index is -0.359. The van der Waals surface area contributed by atoms with Crippen LogP contribution < -0.4 is 5.73 Å². The summed E-state index contributed by atoms with van der Waals surface area (Å²) in [4.78, 5) is 12.1. The Morgan fingerprint density at radius 2 is 2.21 bits per heavy atom. The first kappa shape index (κ1) is 14.4. The summed E-state index contributed by atoms with van der Waals surface area (Å²) < 4.78 is 7.72. The molecule has 0 saturated heterocycles. The van der Waals surface area contributed by atoms with Crippen LogP contribution in [-0.4, -0.2) is 17.1 Å². The molecule has 6 heteroatoms. The molecule has 4 nitrogen and oxygen atoms in total. The maximum Gasteiger partial charge on any atom is 0.340 e. The Hall–Kier alpha value is -1.04. The second kappa shape index (κ2) is 5.53. The van der Waals surface area contributed by atoms with Crippen molar-refractivity contribution < 1.29 is 9.53 Å². The predicted octanol–water partition coefficient (Wildman–Crippen LogP) is 3.23. The van der Waals surface area contributed by atoms with Gasteiger partial charge in [-0.3, -0.25) is 0 Å². The highest BCUT2D eigenvalue weighted by Crippen LogP contribution is 2.33. The average molecular weight is 346 g/mol. The van der Waals surface area contributed by atoms with Gasteiger partial charge < -0.3 is 15.0 Å². The van der Waals surface area contributed by atoms with Crippen LogP contribution >= 0.6 is 27.5 Å². The van der Waals surface area contributed by atoms with Gasteiger partial charge in [-0.1, -0.05) is 11.6 Å². The van der Waals surface area contributed by atoms with Gasteiger partial charge in [-0.25, -0.2) is 4.79 Å². The topological polar surface area (TPSA) is 57.2 Å². The fourth-order valence-electron chi connectivity index (χ4n) is 2.15. The zero-order valence-electron chi connectivity index (χ0n) is 10.7. The Kier molecular flexibility index (Phi) is 4.18. The van der Waals surface area contributed by atoms with E-state index in [0.29, 0.717) is 17.2 Å². The molecule has 0 fully saturated rings. The molecular weight excluding hydrogens is 332 g/mol. The van der Waals surface area contributed by atoms with E-state index in [-0.39, 0.29) is 12.5 Å². The molecule has 0 aliphatic rings. The molecule has 19 heavy (non-hydrogen) atoms. The van der Waals surface area contributed by atoms with Gasteiger partial charge in [0.15, 0.2) is 0 Å². The van der Waals surface area contributed by atoms with Gasteiger partial charge in [0.2, 0.25) is 0 Å². The predicted molar refractivity (Wildman–Crippen MR) is 79.5 cm³/mol. The van der Waals surface area contributed by atoms with E-state index >= 15 is 0 Å². The molecular formula is C13H14BrClN2O2. The maximum atomic E-state index is 12.1. The Morgan fingerprint density at radius 3 is 2.79 bits per heavy atom. The average Bonchev–Trinajstić information content (AvgIpc) is 2.63. The molecule has 0 bridgehead atoms. The van der Waals surface area contributed by atoms with E-state index in [2.05, 4.69) is 15.9 Å². The van der Waals surface area contributed by atoms with Crippen molar-refractivity contribution in [3.63, 3.8) is 0 Å². The molecule has 1 aromatic carbocycles. The third kappa shape index (κ3) is 2.38. The van der Waals surface area contributed by atoms with Crippen molar-refractivity contribution in [3.8, 4) is 0 Å². The standard InChI is InChI=1S/C13H14BrClN2O2/c1-3-19-13(18)12-7-4-8(14)9(15)5-10(7)17(2)11(12)6-16/h4-5H,3,6,16H2,1-2H3. The van der Waals surface area contributed by atoms with Gasteiger partial charge >= 0.3 is 5.97 Å². The van der Waals surface area contributed by atoms with Crippen LogP contribution in [-0.2, 0) is 18.3 Å². The molecule has 0 saturated carbocycles. The van der Waals surface area contributed by atoms with Crippen molar-refractivity contribution in [1.29, 1.82) is 0 Å². The van der Waals surface area contributed by atoms with Crippen LogP contribution in [0.1, 0.15) is 23.0 Å². The molecule has 2 rings (SSSR count). The molecule has 0 aliphatic heterocycles. The van der Waals surface area contributed by atoms with E-state index in [0.717, 1.165) is 21.1 Å². The Labute approximate surface area is 124 Å². The van der Waals surface area contributed by atoms with Crippen LogP contribution in [0.3, 0.4) is 0 Å². The quantitative estimate of drug-likeness (QED) is 0.869. The van der Waals surface area contributed by atoms with Crippen LogP contribution in [0.15, 0.2) is 16.6 Å². The molecule has 0 spiro atoms. The van der Waals surface area contributed by atoms with Crippen molar-refractivity contribution in [2.24, 2.45) is 12.8 Å². The summed E-state index contributed by atoms with van der Waals surface area (Å²) >= 11 is 9.47. The van der Waals surface area contributed by atoms with Gasteiger partial charge in [0, 0.05) is 29.1 Å². The van der Waals surface area contributed by atoms with Crippen molar-refractivity contribution >= 4 is 44.4 Å². The van der Waals surface area contributed by atoms with E-state index in [1.165, 1.54) is 0 Å². The largest absolute Gasteiger partial charge is 0.462 e. The first-order valence-electron chi connectivity index (χ1n) is 5.84. The number of nitrogens with two attached hydrogens (primary N) is 1. The normalized spacial score (nSPS) is 11.0. The van der Waals surface area contributed by atoms with E-state index in [1.807, 2.05) is 23.7 Å². The maximum absolute atomic E-state index is 12.1. The smallest absolute Gasteiger partial charge is 0.340 e. The van der Waals surface area contributed by atoms with E-state index in [1.54, 1.807) is 6.92 Å². The number of carbonyl (C=O) groups is 1. The lowest BCUT2D eigenvalue weighted by molar-refractivity contribution is 0.0527. The Balaban J connectivity index is 2.79. The minimum Gasteiger partial charge on any atom is -0.462 e. The molecule has 1 aromatic heterocycles. The number of aryl methyl sites for hydroxylation is 1. The van der Waals surface area contributed by atoms with Crippen LogP contribution in [0.2, 0.25) is 5.02 Å². The monoisotopic (exact) mass is 344 g/mol. The van der Waals surface area contributed by atoms with Gasteiger partial charge in [-0.15, -0.1) is 0 Å². The van der Waals surface area contributed by atoms with Gasteiger partial charge in [-0.05, 0) is 35.0 Å². The van der Waals surface area contributed by atoms with Gasteiger partial charge in [0.1, 0.15) is 0 Å². The highest BCUT2D eigenvalue weighted by atomic mass is 79.9. The van der Waals surface area contributed by atoms with Crippen molar-refractivity contribution in [3.05, 3.63) is 32.9 Å². The summed E-state index contributed by atoms with van der Waals surface area (Å²) in [6.45, 7) is 2.36. The summed E-state index contributed by atoms with van der Waals surface area (Å²) in [6.07, 6.45) is 0. The first-order chi connectivity index (χ1) is 9.01. The van der Waals surface area contributed by atoms with Gasteiger partial charge in [0.05, 0.1) is 22.7 Å². The lowest BCUT2D eigenvalue weighted by Gasteiger charge is -2.04. The number of esters is 1. The summed E-state index contributed by atoms with van der Waals surface area (Å²) in [5.74, 6) is -0.359. The second-order valence-electron chi connectivity index (χ2n) is 4.09. The van der Waals surface area contributed by atoms with E-state index < -0.39 is 0 Å². The van der Waals surface area contributed by atoms with Crippen LogP contribution in [0, 0.1) is 0 Å². The fraction of sp³-hybridized carbons (Fsp3) is 0.308. The molecule has 0 unspecified atom stereocenters. The number of nitrogens with zero attached hydrogens (tertiary/aromatic N) is 1. The summed E-state index contributed by atoms with van der Waals surface area (Å²) in [6, 6.07) is 3.63. The third-order valence-electron chi connectivity index (χ3n) is 3.04. The van der Waals surface area contributed by atoms with Gasteiger partial charge in [-0.2, -0.15) is 0 Å². The van der Waals surface area contributed by atoms with Crippen LogP contribution in [0.25, 0.3) is 10.9 Å². The summed E-state index contributed by atoms with van der Waals surface area (Å²) in [5, 5.41) is 1.38. The number of rotatable bonds is 3. The van der Waals surface area contributed by atoms with Crippen LogP contribution in [0.5, 0.6) is 0 Å². The molecule has 0 radical (unpaired) electrons. The number of hydrogen-bond donors (Lipinski definition) is 1. The zero-order chi connectivity index (χ0) is 14.2. The molecule has 1 heterocycles. The lowest BCUT2D eigenvalue weighted by atomic mass is 10.1.